The van der Waals surface area contributed by atoms with Crippen LogP contribution >= 0.6 is 0 Å². The first-order valence-electron chi connectivity index (χ1n) is 12.9. The van der Waals surface area contributed by atoms with Gasteiger partial charge in [-0.25, -0.2) is 8.78 Å². The van der Waals surface area contributed by atoms with Crippen molar-refractivity contribution in [3.63, 3.8) is 0 Å². The Labute approximate surface area is 189 Å². The number of hydrogen-bond acceptors (Lipinski definition) is 0. The van der Waals surface area contributed by atoms with Gasteiger partial charge in [0, 0.05) is 17.3 Å². The van der Waals surface area contributed by atoms with E-state index in [1.54, 1.807) is 0 Å². The van der Waals surface area contributed by atoms with Crippen molar-refractivity contribution in [2.24, 2.45) is 17.3 Å². The molecule has 1 aromatic rings. The second-order valence-electron chi connectivity index (χ2n) is 9.94. The zero-order valence-electron chi connectivity index (χ0n) is 19.5. The third-order valence-electron chi connectivity index (χ3n) is 7.76. The molecule has 0 spiro atoms. The molecule has 2 aliphatic carbocycles. The lowest BCUT2D eigenvalue weighted by atomic mass is 9.62. The highest BCUT2D eigenvalue weighted by Gasteiger charge is 2.39. The largest absolute Gasteiger partial charge is 0.241 e. The van der Waals surface area contributed by atoms with Gasteiger partial charge in [-0.2, -0.15) is 0 Å². The van der Waals surface area contributed by atoms with Gasteiger partial charge in [0.2, 0.25) is 6.43 Å². The van der Waals surface area contributed by atoms with E-state index < -0.39 is 6.43 Å². The van der Waals surface area contributed by atoms with E-state index in [1.165, 1.54) is 63.4 Å². The quantitative estimate of drug-likeness (QED) is 0.230. The van der Waals surface area contributed by atoms with Crippen molar-refractivity contribution >= 4 is 0 Å². The van der Waals surface area contributed by atoms with Crippen LogP contribution in [-0.2, 0) is 0 Å². The molecule has 0 aromatic heterocycles. The van der Waals surface area contributed by atoms with E-state index in [2.05, 4.69) is 61.6 Å². The molecule has 1 fully saturated rings. The summed E-state index contributed by atoms with van der Waals surface area (Å²) in [5, 5.41) is 0. The number of hydrogen-bond donors (Lipinski definition) is 0. The van der Waals surface area contributed by atoms with Crippen LogP contribution in [0.4, 0.5) is 8.78 Å². The standard InChI is InChI=1S/C29H42F2/c1-2-3-4-5-6-7-8-12-21-29(27-17-15-26(16-18-27)28(30)31)22-19-25(20-23-29)24-13-10-9-11-14-24/h9-11,13-14,19-20,22-23,25-28H,2-8,12,15-18,21H2,1H3. The highest BCUT2D eigenvalue weighted by atomic mass is 19.3. The van der Waals surface area contributed by atoms with Crippen molar-refractivity contribution < 1.29 is 8.78 Å². The fraction of sp³-hybridized carbons (Fsp3) is 0.655. The lowest BCUT2D eigenvalue weighted by molar-refractivity contribution is 0.0344. The summed E-state index contributed by atoms with van der Waals surface area (Å²) in [7, 11) is 0. The van der Waals surface area contributed by atoms with Crippen LogP contribution in [0.15, 0.2) is 54.6 Å². The Morgan fingerprint density at radius 2 is 1.39 bits per heavy atom. The highest BCUT2D eigenvalue weighted by Crippen LogP contribution is 2.49. The third-order valence-corrected chi connectivity index (χ3v) is 7.76. The smallest absolute Gasteiger partial charge is 0.210 e. The van der Waals surface area contributed by atoms with Crippen molar-refractivity contribution in [3.8, 4) is 0 Å². The first-order valence-corrected chi connectivity index (χ1v) is 12.9. The zero-order chi connectivity index (χ0) is 21.9. The van der Waals surface area contributed by atoms with Gasteiger partial charge in [-0.05, 0) is 43.6 Å². The fourth-order valence-electron chi connectivity index (χ4n) is 5.70. The highest BCUT2D eigenvalue weighted by molar-refractivity contribution is 5.34. The topological polar surface area (TPSA) is 0 Å². The summed E-state index contributed by atoms with van der Waals surface area (Å²) in [4.78, 5) is 0. The summed E-state index contributed by atoms with van der Waals surface area (Å²) in [5.74, 6) is 0.464. The number of allylic oxidation sites excluding steroid dienone is 4. The molecule has 1 aromatic carbocycles. The Morgan fingerprint density at radius 3 is 1.97 bits per heavy atom. The van der Waals surface area contributed by atoms with Gasteiger partial charge >= 0.3 is 0 Å². The molecule has 0 amide bonds. The van der Waals surface area contributed by atoms with E-state index in [4.69, 9.17) is 0 Å². The van der Waals surface area contributed by atoms with Crippen LogP contribution in [0.2, 0.25) is 0 Å². The average molecular weight is 429 g/mol. The Bertz CT molecular complexity index is 653. The molecule has 3 rings (SSSR count). The first kappa shape index (κ1) is 24.2. The number of unbranched alkanes of at least 4 members (excludes halogenated alkanes) is 7. The lowest BCUT2D eigenvalue weighted by Crippen LogP contribution is -2.33. The Kier molecular flexibility index (Phi) is 9.81. The normalized spacial score (nSPS) is 28.3. The third kappa shape index (κ3) is 7.02. The molecule has 0 unspecified atom stereocenters. The Morgan fingerprint density at radius 1 is 0.806 bits per heavy atom. The predicted octanol–water partition coefficient (Wildman–Crippen LogP) is 9.48. The molecule has 0 nitrogen and oxygen atoms in total. The Hall–Kier alpha value is -1.44. The molecule has 0 bridgehead atoms. The lowest BCUT2D eigenvalue weighted by Gasteiger charge is -2.42. The van der Waals surface area contributed by atoms with Crippen LogP contribution in [0.5, 0.6) is 0 Å². The molecule has 0 heterocycles. The van der Waals surface area contributed by atoms with Crippen LogP contribution < -0.4 is 0 Å². The molecule has 0 atom stereocenters. The van der Waals surface area contributed by atoms with Gasteiger partial charge in [-0.1, -0.05) is 113 Å². The number of alkyl halides is 2. The minimum absolute atomic E-state index is 0.0700. The molecule has 1 saturated carbocycles. The van der Waals surface area contributed by atoms with Crippen molar-refractivity contribution in [2.45, 2.75) is 103 Å². The van der Waals surface area contributed by atoms with Crippen LogP contribution in [0.3, 0.4) is 0 Å². The van der Waals surface area contributed by atoms with Gasteiger partial charge in [-0.15, -0.1) is 0 Å². The van der Waals surface area contributed by atoms with Crippen LogP contribution in [0, 0.1) is 17.3 Å². The molecule has 0 aliphatic heterocycles. The number of benzene rings is 1. The maximum absolute atomic E-state index is 13.2. The Balaban J connectivity index is 1.58. The van der Waals surface area contributed by atoms with Gasteiger partial charge in [0.05, 0.1) is 0 Å². The van der Waals surface area contributed by atoms with Crippen molar-refractivity contribution in [1.82, 2.24) is 0 Å². The molecular formula is C29H42F2. The fourth-order valence-corrected chi connectivity index (χ4v) is 5.70. The second kappa shape index (κ2) is 12.6. The second-order valence-corrected chi connectivity index (χ2v) is 9.94. The van der Waals surface area contributed by atoms with E-state index in [1.807, 2.05) is 0 Å². The summed E-state index contributed by atoms with van der Waals surface area (Å²) in [6, 6.07) is 10.7. The minimum atomic E-state index is -2.15. The molecule has 0 N–H and O–H groups in total. The number of rotatable bonds is 12. The molecule has 2 heteroatoms. The maximum Gasteiger partial charge on any atom is 0.241 e. The van der Waals surface area contributed by atoms with Crippen molar-refractivity contribution in [1.29, 1.82) is 0 Å². The minimum Gasteiger partial charge on any atom is -0.210 e. The maximum atomic E-state index is 13.2. The summed E-state index contributed by atoms with van der Waals surface area (Å²) >= 11 is 0. The summed E-state index contributed by atoms with van der Waals surface area (Å²) < 4.78 is 26.4. The van der Waals surface area contributed by atoms with Gasteiger partial charge in [-0.3, -0.25) is 0 Å². The summed E-state index contributed by atoms with van der Waals surface area (Å²) in [5.41, 5.74) is 1.40. The molecule has 31 heavy (non-hydrogen) atoms. The van der Waals surface area contributed by atoms with Gasteiger partial charge in [0.15, 0.2) is 0 Å². The first-order chi connectivity index (χ1) is 15.1. The molecule has 0 radical (unpaired) electrons. The average Bonchev–Trinajstić information content (AvgIpc) is 2.82. The summed E-state index contributed by atoms with van der Waals surface area (Å²) in [6.45, 7) is 2.27. The predicted molar refractivity (Wildman–Crippen MR) is 129 cm³/mol. The molecule has 0 saturated heterocycles. The monoisotopic (exact) mass is 428 g/mol. The molecular weight excluding hydrogens is 386 g/mol. The van der Waals surface area contributed by atoms with Gasteiger partial charge in [0.1, 0.15) is 0 Å². The van der Waals surface area contributed by atoms with Gasteiger partial charge < -0.3 is 0 Å². The molecule has 172 valence electrons. The SMILES string of the molecule is CCCCCCCCCCC1(C2CCC(C(F)F)CC2)C=CC(c2ccccc2)C=C1. The summed E-state index contributed by atoms with van der Waals surface area (Å²) in [6.07, 6.45) is 22.6. The van der Waals surface area contributed by atoms with Crippen LogP contribution in [-0.4, -0.2) is 6.43 Å². The van der Waals surface area contributed by atoms with E-state index >= 15 is 0 Å². The van der Waals surface area contributed by atoms with E-state index in [0.717, 1.165) is 12.8 Å². The van der Waals surface area contributed by atoms with E-state index in [-0.39, 0.29) is 11.3 Å². The van der Waals surface area contributed by atoms with E-state index in [0.29, 0.717) is 24.7 Å². The zero-order valence-corrected chi connectivity index (χ0v) is 19.5. The van der Waals surface area contributed by atoms with Gasteiger partial charge in [0.25, 0.3) is 0 Å². The molecule has 2 aliphatic rings. The van der Waals surface area contributed by atoms with Crippen molar-refractivity contribution in [3.05, 3.63) is 60.2 Å². The van der Waals surface area contributed by atoms with Crippen LogP contribution in [0.1, 0.15) is 102 Å². The van der Waals surface area contributed by atoms with Crippen molar-refractivity contribution in [2.75, 3.05) is 0 Å². The van der Waals surface area contributed by atoms with Crippen LogP contribution in [0.25, 0.3) is 0 Å². The number of halogens is 2. The van der Waals surface area contributed by atoms with E-state index in [9.17, 15) is 8.78 Å².